The van der Waals surface area contributed by atoms with Crippen LogP contribution in [0.5, 0.6) is 0 Å². The van der Waals surface area contributed by atoms with Gasteiger partial charge in [0.2, 0.25) is 17.2 Å². The number of nitrogen functional groups attached to an aromatic ring is 1. The number of nitrogens with one attached hydrogen (secondary N) is 3. The number of nitrogens with two attached hydrogens (primary N) is 1. The van der Waals surface area contributed by atoms with Crippen LogP contribution >= 0.6 is 11.6 Å². The molecule has 4 aromatic carbocycles. The van der Waals surface area contributed by atoms with Gasteiger partial charge in [-0.15, -0.1) is 0 Å². The molecular weight excluding hydrogens is 844 g/mol. The molecule has 0 aliphatic heterocycles. The van der Waals surface area contributed by atoms with Crippen LogP contribution in [0.3, 0.4) is 0 Å². The quantitative estimate of drug-likeness (QED) is 0.0713. The standard InChI is InChI=1S/C34H28ClN7O10S3.2Na/c1-5-53(45,46)19-12-10-18(11-13-19)37-33-40-32(35)41-34(42-33)39-28-15(2)27(16(3)31(17(28)4)55(50,51)52)38-22-14-23(54(47,48)49)26(36)25-24(22)29(43)20-8-6-7-9-21(20)30(25)44;;/h5-14,38H,1,36H2,2-4H3,(H,47,48,49)(H,50,51,52)(H2,37,39,40,41,42);;/q;2*+1/p-2. The van der Waals surface area contributed by atoms with E-state index in [1.165, 1.54) is 69.3 Å². The summed E-state index contributed by atoms with van der Waals surface area (Å²) in [4.78, 5) is 38.1. The zero-order valence-electron chi connectivity index (χ0n) is 30.6. The number of halogens is 1. The molecule has 17 nitrogen and oxygen atoms in total. The van der Waals surface area contributed by atoms with Crippen molar-refractivity contribution in [3.63, 3.8) is 0 Å². The van der Waals surface area contributed by atoms with Crippen LogP contribution in [0.25, 0.3) is 0 Å². The van der Waals surface area contributed by atoms with Crippen molar-refractivity contribution in [2.24, 2.45) is 0 Å². The fraction of sp³-hybridized carbons (Fsp3) is 0.0882. The van der Waals surface area contributed by atoms with Crippen LogP contribution in [-0.2, 0) is 30.1 Å². The van der Waals surface area contributed by atoms with Gasteiger partial charge in [0.15, 0.2) is 21.4 Å². The summed E-state index contributed by atoms with van der Waals surface area (Å²) in [7, 11) is -14.3. The molecule has 0 unspecified atom stereocenters. The first kappa shape index (κ1) is 45.9. The molecule has 23 heteroatoms. The van der Waals surface area contributed by atoms with E-state index in [1.807, 2.05) is 0 Å². The molecule has 0 spiro atoms. The SMILES string of the molecule is C=CS(=O)(=O)c1ccc(Nc2nc(Cl)nc(Nc3c(C)c(Nc4cc(S(=O)(=O)[O-])c(N)c5c4C(=O)c4ccccc4C5=O)c(C)c(S(=O)(=O)[O-])c3C)n2)cc1.[Na+].[Na+]. The van der Waals surface area contributed by atoms with Crippen LogP contribution in [0.15, 0.2) is 81.3 Å². The van der Waals surface area contributed by atoms with Crippen LogP contribution < -0.4 is 80.8 Å². The average molecular weight is 870 g/mol. The number of benzene rings is 4. The maximum absolute atomic E-state index is 13.9. The summed E-state index contributed by atoms with van der Waals surface area (Å²) in [5.74, 6) is -2.00. The van der Waals surface area contributed by atoms with Crippen molar-refractivity contribution in [2.45, 2.75) is 35.5 Å². The summed E-state index contributed by atoms with van der Waals surface area (Å²) < 4.78 is 99.6. The number of hydrogen-bond acceptors (Lipinski definition) is 17. The van der Waals surface area contributed by atoms with E-state index in [1.54, 1.807) is 0 Å². The second kappa shape index (κ2) is 16.8. The molecule has 1 aliphatic carbocycles. The maximum atomic E-state index is 13.9. The molecule has 1 heterocycles. The fourth-order valence-corrected chi connectivity index (χ4v) is 8.66. The molecule has 0 radical (unpaired) electrons. The number of carbonyl (C=O) groups excluding carboxylic acids is 2. The van der Waals surface area contributed by atoms with E-state index in [0.717, 1.165) is 11.5 Å². The van der Waals surface area contributed by atoms with E-state index in [-0.39, 0.29) is 120 Å². The second-order valence-corrected chi connectivity index (χ2v) is 16.9. The average Bonchev–Trinajstić information content (AvgIpc) is 3.10. The van der Waals surface area contributed by atoms with E-state index in [2.05, 4.69) is 37.5 Å². The summed E-state index contributed by atoms with van der Waals surface area (Å²) in [6, 6.07) is 11.9. The zero-order chi connectivity index (χ0) is 40.4. The molecular formula is C34H26ClN7Na2O10S3. The summed E-state index contributed by atoms with van der Waals surface area (Å²) in [5, 5.41) is 8.96. The molecule has 0 saturated heterocycles. The van der Waals surface area contributed by atoms with Crippen molar-refractivity contribution >= 4 is 93.6 Å². The van der Waals surface area contributed by atoms with Gasteiger partial charge in [-0.3, -0.25) is 9.59 Å². The largest absolute Gasteiger partial charge is 1.00 e. The molecule has 284 valence electrons. The third kappa shape index (κ3) is 8.82. The van der Waals surface area contributed by atoms with Crippen LogP contribution in [0.2, 0.25) is 5.28 Å². The van der Waals surface area contributed by atoms with Crippen LogP contribution in [0.4, 0.5) is 40.3 Å². The van der Waals surface area contributed by atoms with Gasteiger partial charge in [-0.2, -0.15) is 15.0 Å². The van der Waals surface area contributed by atoms with Gasteiger partial charge in [-0.25, -0.2) is 25.3 Å². The van der Waals surface area contributed by atoms with Crippen molar-refractivity contribution in [1.29, 1.82) is 0 Å². The molecule has 0 bridgehead atoms. The van der Waals surface area contributed by atoms with Crippen molar-refractivity contribution in [1.82, 2.24) is 15.0 Å². The number of ketones is 2. The minimum Gasteiger partial charge on any atom is -0.744 e. The number of carbonyl (C=O) groups is 2. The molecule has 0 amide bonds. The first-order valence-corrected chi connectivity index (χ1v) is 20.3. The van der Waals surface area contributed by atoms with Gasteiger partial charge in [0.05, 0.1) is 42.9 Å². The molecule has 1 aliphatic rings. The van der Waals surface area contributed by atoms with E-state index < -0.39 is 73.9 Å². The van der Waals surface area contributed by atoms with Gasteiger partial charge in [0, 0.05) is 27.9 Å². The van der Waals surface area contributed by atoms with E-state index in [0.29, 0.717) is 5.69 Å². The van der Waals surface area contributed by atoms with Gasteiger partial charge >= 0.3 is 59.1 Å². The summed E-state index contributed by atoms with van der Waals surface area (Å²) >= 11 is 6.19. The Morgan fingerprint density at radius 3 is 1.74 bits per heavy atom. The first-order chi connectivity index (χ1) is 25.6. The minimum atomic E-state index is -5.36. The van der Waals surface area contributed by atoms with Gasteiger partial charge in [-0.1, -0.05) is 30.8 Å². The topological polar surface area (TPSA) is 283 Å². The smallest absolute Gasteiger partial charge is 0.744 e. The molecule has 0 atom stereocenters. The molecule has 57 heavy (non-hydrogen) atoms. The predicted molar refractivity (Wildman–Crippen MR) is 199 cm³/mol. The Labute approximate surface area is 376 Å². The Morgan fingerprint density at radius 2 is 1.23 bits per heavy atom. The number of hydrogen-bond donors (Lipinski definition) is 4. The molecule has 0 saturated carbocycles. The first-order valence-electron chi connectivity index (χ1n) is 15.5. The number of fused-ring (bicyclic) bond motifs is 2. The predicted octanol–water partition coefficient (Wildman–Crippen LogP) is -1.23. The Hall–Kier alpha value is -3.77. The Morgan fingerprint density at radius 1 is 0.719 bits per heavy atom. The molecule has 6 rings (SSSR count). The van der Waals surface area contributed by atoms with Gasteiger partial charge < -0.3 is 30.8 Å². The molecule has 0 fully saturated rings. The third-order valence-electron chi connectivity index (χ3n) is 8.66. The minimum absolute atomic E-state index is 0. The van der Waals surface area contributed by atoms with Crippen molar-refractivity contribution < 1.29 is 103 Å². The zero-order valence-corrected chi connectivity index (χ0v) is 37.8. The fourth-order valence-electron chi connectivity index (χ4n) is 6.21. The summed E-state index contributed by atoms with van der Waals surface area (Å²) in [6.45, 7) is 7.37. The van der Waals surface area contributed by atoms with Crippen molar-refractivity contribution in [3.05, 3.63) is 111 Å². The number of sulfone groups is 1. The normalized spacial score (nSPS) is 12.4. The van der Waals surface area contributed by atoms with E-state index in [9.17, 15) is 43.9 Å². The second-order valence-electron chi connectivity index (χ2n) is 12.0. The Bertz CT molecular complexity index is 2880. The number of aromatic nitrogens is 3. The number of nitrogens with zero attached hydrogens (tertiary/aromatic N) is 3. The number of anilines is 7. The summed E-state index contributed by atoms with van der Waals surface area (Å²) in [6.07, 6.45) is 0. The van der Waals surface area contributed by atoms with Gasteiger partial charge in [0.25, 0.3) is 0 Å². The van der Waals surface area contributed by atoms with Crippen LogP contribution in [0.1, 0.15) is 48.5 Å². The van der Waals surface area contributed by atoms with Crippen LogP contribution in [0, 0.1) is 20.8 Å². The van der Waals surface area contributed by atoms with E-state index in [4.69, 9.17) is 17.3 Å². The Kier molecular flexibility index (Phi) is 13.6. The molecule has 5 N–H and O–H groups in total. The van der Waals surface area contributed by atoms with Crippen molar-refractivity contribution in [2.75, 3.05) is 21.7 Å². The third-order valence-corrected chi connectivity index (χ3v) is 12.2. The Balaban J connectivity index is 0.00000360. The van der Waals surface area contributed by atoms with Gasteiger partial charge in [0.1, 0.15) is 20.2 Å². The molecule has 1 aromatic heterocycles. The van der Waals surface area contributed by atoms with Gasteiger partial charge in [-0.05, 0) is 79.4 Å². The monoisotopic (exact) mass is 869 g/mol. The number of rotatable bonds is 10. The van der Waals surface area contributed by atoms with Crippen molar-refractivity contribution in [3.8, 4) is 0 Å². The summed E-state index contributed by atoms with van der Waals surface area (Å²) in [5.41, 5.74) is 3.87. The van der Waals surface area contributed by atoms with E-state index >= 15 is 0 Å². The maximum Gasteiger partial charge on any atom is 1.00 e. The van der Waals surface area contributed by atoms with Crippen LogP contribution in [-0.4, -0.2) is 60.9 Å². The molecule has 5 aromatic rings.